The normalized spacial score (nSPS) is 13.8. The lowest BCUT2D eigenvalue weighted by molar-refractivity contribution is -0.146. The SMILES string of the molecule is COC(=O)CN(CC(=O)OC)Cn1nc(-c2cccs2)n(C2CC2)c1=S. The number of nitrogens with zero attached hydrogens (tertiary/aromatic N) is 4. The van der Waals surface area contributed by atoms with Gasteiger partial charge in [0.1, 0.15) is 0 Å². The average Bonchev–Trinajstić information content (AvgIpc) is 3.21. The molecule has 1 aliphatic carbocycles. The van der Waals surface area contributed by atoms with Crippen molar-refractivity contribution in [2.45, 2.75) is 25.6 Å². The van der Waals surface area contributed by atoms with Crippen molar-refractivity contribution in [3.63, 3.8) is 0 Å². The summed E-state index contributed by atoms with van der Waals surface area (Å²) < 4.78 is 13.7. The van der Waals surface area contributed by atoms with E-state index >= 15 is 0 Å². The second kappa shape index (κ2) is 8.11. The van der Waals surface area contributed by atoms with E-state index in [1.165, 1.54) is 14.2 Å². The second-order valence-electron chi connectivity index (χ2n) is 5.96. The van der Waals surface area contributed by atoms with Crippen LogP contribution >= 0.6 is 23.6 Å². The molecule has 0 aliphatic heterocycles. The van der Waals surface area contributed by atoms with Crippen molar-refractivity contribution in [2.24, 2.45) is 0 Å². The van der Waals surface area contributed by atoms with Crippen molar-refractivity contribution in [1.82, 2.24) is 19.2 Å². The molecule has 2 heterocycles. The van der Waals surface area contributed by atoms with Crippen LogP contribution in [0.3, 0.4) is 0 Å². The molecule has 0 amide bonds. The number of hydrogen-bond acceptors (Lipinski definition) is 8. The van der Waals surface area contributed by atoms with Gasteiger partial charge in [-0.1, -0.05) is 6.07 Å². The molecule has 0 aromatic carbocycles. The second-order valence-corrected chi connectivity index (χ2v) is 7.28. The Hall–Kier alpha value is -2.04. The van der Waals surface area contributed by atoms with Gasteiger partial charge in [0, 0.05) is 6.04 Å². The monoisotopic (exact) mass is 396 g/mol. The average molecular weight is 396 g/mol. The van der Waals surface area contributed by atoms with Gasteiger partial charge in [0.15, 0.2) is 10.6 Å². The Morgan fingerprint density at radius 1 is 1.31 bits per heavy atom. The first-order chi connectivity index (χ1) is 12.5. The number of carbonyl (C=O) groups is 2. The summed E-state index contributed by atoms with van der Waals surface area (Å²) in [6.45, 7) is 0.0805. The van der Waals surface area contributed by atoms with Gasteiger partial charge in [-0.3, -0.25) is 19.1 Å². The highest BCUT2D eigenvalue weighted by Crippen LogP contribution is 2.39. The van der Waals surface area contributed by atoms with Crippen molar-refractivity contribution in [3.05, 3.63) is 22.3 Å². The van der Waals surface area contributed by atoms with Crippen LogP contribution < -0.4 is 0 Å². The summed E-state index contributed by atoms with van der Waals surface area (Å²) >= 11 is 7.21. The van der Waals surface area contributed by atoms with Crippen LogP contribution in [-0.4, -0.2) is 58.5 Å². The van der Waals surface area contributed by atoms with Crippen LogP contribution in [0.2, 0.25) is 0 Å². The summed E-state index contributed by atoms with van der Waals surface area (Å²) in [5.41, 5.74) is 0. The molecule has 2 aromatic rings. The van der Waals surface area contributed by atoms with Gasteiger partial charge in [0.2, 0.25) is 0 Å². The summed E-state index contributed by atoms with van der Waals surface area (Å²) in [4.78, 5) is 26.0. The Kier molecular flexibility index (Phi) is 5.84. The third kappa shape index (κ3) is 4.19. The van der Waals surface area contributed by atoms with Crippen LogP contribution in [0.15, 0.2) is 17.5 Å². The first-order valence-corrected chi connectivity index (χ1v) is 9.41. The highest BCUT2D eigenvalue weighted by molar-refractivity contribution is 7.71. The first kappa shape index (κ1) is 18.7. The molecule has 0 bridgehead atoms. The fraction of sp³-hybridized carbons (Fsp3) is 0.500. The van der Waals surface area contributed by atoms with Crippen molar-refractivity contribution in [3.8, 4) is 10.7 Å². The van der Waals surface area contributed by atoms with Crippen molar-refractivity contribution in [1.29, 1.82) is 0 Å². The van der Waals surface area contributed by atoms with Crippen molar-refractivity contribution < 1.29 is 19.1 Å². The van der Waals surface area contributed by atoms with E-state index in [4.69, 9.17) is 21.7 Å². The molecule has 8 nitrogen and oxygen atoms in total. The number of hydrogen-bond donors (Lipinski definition) is 0. The van der Waals surface area contributed by atoms with Crippen molar-refractivity contribution >= 4 is 35.5 Å². The van der Waals surface area contributed by atoms with E-state index in [1.54, 1.807) is 20.9 Å². The lowest BCUT2D eigenvalue weighted by atomic mass is 10.4. The molecule has 140 valence electrons. The Morgan fingerprint density at radius 3 is 2.46 bits per heavy atom. The van der Waals surface area contributed by atoms with E-state index in [9.17, 15) is 9.59 Å². The van der Waals surface area contributed by atoms with Crippen LogP contribution in [-0.2, 0) is 25.7 Å². The van der Waals surface area contributed by atoms with E-state index in [-0.39, 0.29) is 19.8 Å². The highest BCUT2D eigenvalue weighted by atomic mass is 32.1. The molecular weight excluding hydrogens is 376 g/mol. The molecule has 2 aromatic heterocycles. The van der Waals surface area contributed by atoms with Gasteiger partial charge in [0.05, 0.1) is 38.9 Å². The number of rotatable bonds is 8. The van der Waals surface area contributed by atoms with Gasteiger partial charge >= 0.3 is 11.9 Å². The smallest absolute Gasteiger partial charge is 0.319 e. The topological polar surface area (TPSA) is 78.6 Å². The molecule has 0 N–H and O–H groups in total. The molecule has 0 saturated heterocycles. The Morgan fingerprint density at radius 2 is 1.96 bits per heavy atom. The maximum Gasteiger partial charge on any atom is 0.319 e. The molecule has 0 spiro atoms. The molecule has 1 fully saturated rings. The molecule has 3 rings (SSSR count). The molecule has 26 heavy (non-hydrogen) atoms. The number of esters is 2. The fourth-order valence-corrected chi connectivity index (χ4v) is 3.63. The van der Waals surface area contributed by atoms with Crippen LogP contribution in [0.5, 0.6) is 0 Å². The largest absolute Gasteiger partial charge is 0.468 e. The lowest BCUT2D eigenvalue weighted by Gasteiger charge is -2.19. The number of methoxy groups -OCH3 is 2. The van der Waals surface area contributed by atoms with Gasteiger partial charge in [0.25, 0.3) is 0 Å². The third-order valence-electron chi connectivity index (χ3n) is 4.02. The molecule has 1 aliphatic rings. The maximum atomic E-state index is 11.7. The van der Waals surface area contributed by atoms with Crippen LogP contribution in [0, 0.1) is 4.77 Å². The quantitative estimate of drug-likeness (QED) is 0.499. The maximum absolute atomic E-state index is 11.7. The molecule has 10 heteroatoms. The van der Waals surface area contributed by atoms with Gasteiger partial charge in [-0.15, -0.1) is 16.4 Å². The lowest BCUT2D eigenvalue weighted by Crippen LogP contribution is -2.37. The summed E-state index contributed by atoms with van der Waals surface area (Å²) in [6.07, 6.45) is 2.15. The fourth-order valence-electron chi connectivity index (χ4n) is 2.59. The minimum absolute atomic E-state index is 0.0575. The zero-order chi connectivity index (χ0) is 18.7. The molecule has 0 radical (unpaired) electrons. The number of carbonyl (C=O) groups excluding carboxylic acids is 2. The Bertz CT molecular complexity index is 821. The number of aromatic nitrogens is 3. The Balaban J connectivity index is 1.89. The van der Waals surface area contributed by atoms with E-state index in [0.29, 0.717) is 10.8 Å². The van der Waals surface area contributed by atoms with Crippen LogP contribution in [0.4, 0.5) is 0 Å². The zero-order valence-electron chi connectivity index (χ0n) is 14.6. The van der Waals surface area contributed by atoms with Gasteiger partial charge in [-0.25, -0.2) is 4.68 Å². The highest BCUT2D eigenvalue weighted by Gasteiger charge is 2.30. The van der Waals surface area contributed by atoms with Gasteiger partial charge < -0.3 is 9.47 Å². The van der Waals surface area contributed by atoms with Crippen LogP contribution in [0.1, 0.15) is 18.9 Å². The summed E-state index contributed by atoms with van der Waals surface area (Å²) in [5, 5.41) is 6.65. The predicted molar refractivity (Wildman–Crippen MR) is 98.2 cm³/mol. The minimum atomic E-state index is -0.444. The third-order valence-corrected chi connectivity index (χ3v) is 5.29. The standard InChI is InChI=1S/C16H20N4O4S2/c1-23-13(21)8-18(9-14(22)24-2)10-19-16(25)20(11-5-6-11)15(17-19)12-4-3-7-26-12/h3-4,7,11H,5-6,8-10H2,1-2H3. The van der Waals surface area contributed by atoms with Gasteiger partial charge in [-0.05, 0) is 36.5 Å². The van der Waals surface area contributed by atoms with E-state index < -0.39 is 11.9 Å². The molecule has 0 unspecified atom stereocenters. The Labute approximate surface area is 159 Å². The van der Waals surface area contributed by atoms with Crippen molar-refractivity contribution in [2.75, 3.05) is 27.3 Å². The summed E-state index contributed by atoms with van der Waals surface area (Å²) in [7, 11) is 2.61. The summed E-state index contributed by atoms with van der Waals surface area (Å²) in [5.74, 6) is -0.0651. The van der Waals surface area contributed by atoms with Gasteiger partial charge in [-0.2, -0.15) is 0 Å². The number of thiophene rings is 1. The number of ether oxygens (including phenoxy) is 2. The first-order valence-electron chi connectivity index (χ1n) is 8.12. The van der Waals surface area contributed by atoms with E-state index in [1.807, 2.05) is 17.5 Å². The van der Waals surface area contributed by atoms with E-state index in [0.717, 1.165) is 23.5 Å². The predicted octanol–water partition coefficient (Wildman–Crippen LogP) is 2.08. The zero-order valence-corrected chi connectivity index (χ0v) is 16.2. The summed E-state index contributed by atoms with van der Waals surface area (Å²) in [6, 6.07) is 4.34. The molecule has 0 atom stereocenters. The van der Waals surface area contributed by atoms with Crippen LogP contribution in [0.25, 0.3) is 10.7 Å². The minimum Gasteiger partial charge on any atom is -0.468 e. The molecular formula is C16H20N4O4S2. The molecule has 1 saturated carbocycles. The van der Waals surface area contributed by atoms with E-state index in [2.05, 4.69) is 9.67 Å².